The fourth-order valence-electron chi connectivity index (χ4n) is 3.47. The summed E-state index contributed by atoms with van der Waals surface area (Å²) in [7, 11) is 1.67. The molecule has 2 amide bonds. The molecule has 0 unspecified atom stereocenters. The van der Waals surface area contributed by atoms with Crippen molar-refractivity contribution in [2.75, 3.05) is 18.4 Å². The Bertz CT molecular complexity index is 1170. The summed E-state index contributed by atoms with van der Waals surface area (Å²) in [4.78, 5) is 31.2. The van der Waals surface area contributed by atoms with Crippen LogP contribution in [0.5, 0.6) is 0 Å². The second-order valence-corrected chi connectivity index (χ2v) is 7.17. The van der Waals surface area contributed by atoms with Crippen LogP contribution in [0.25, 0.3) is 11.4 Å². The van der Waals surface area contributed by atoms with E-state index in [-0.39, 0.29) is 16.9 Å². The molecular weight excluding hydrogens is 402 g/mol. The fraction of sp³-hybridized carbons (Fsp3) is 0.174. The number of rotatable bonds is 4. The zero-order chi connectivity index (χ0) is 22.0. The first-order chi connectivity index (χ1) is 15.0. The van der Waals surface area contributed by atoms with Gasteiger partial charge in [0.05, 0.1) is 17.4 Å². The molecular formula is C23H20F2N4O2. The maximum Gasteiger partial charge on any atom is 0.274 e. The lowest BCUT2D eigenvalue weighted by molar-refractivity contribution is 0.0766. The lowest BCUT2D eigenvalue weighted by atomic mass is 10.1. The maximum absolute atomic E-state index is 14.4. The number of amides is 2. The Morgan fingerprint density at radius 1 is 1.06 bits per heavy atom. The van der Waals surface area contributed by atoms with Gasteiger partial charge in [0.2, 0.25) is 0 Å². The number of aromatic nitrogens is 2. The number of halogens is 2. The number of nitrogens with zero attached hydrogens (tertiary/aromatic N) is 3. The predicted molar refractivity (Wildman–Crippen MR) is 113 cm³/mol. The van der Waals surface area contributed by atoms with E-state index in [1.54, 1.807) is 11.6 Å². The molecule has 31 heavy (non-hydrogen) atoms. The molecule has 0 spiro atoms. The number of carbonyl (C=O) groups is 2. The van der Waals surface area contributed by atoms with Crippen LogP contribution < -0.4 is 5.32 Å². The molecule has 0 radical (unpaired) electrons. The van der Waals surface area contributed by atoms with E-state index in [1.807, 2.05) is 42.5 Å². The second kappa shape index (κ2) is 8.51. The number of hydrogen-bond donors (Lipinski definition) is 1. The first-order valence-electron chi connectivity index (χ1n) is 9.77. The Hall–Kier alpha value is -3.81. The highest BCUT2D eigenvalue weighted by molar-refractivity contribution is 6.04. The summed E-state index contributed by atoms with van der Waals surface area (Å²) in [5, 5.41) is 2.43. The van der Waals surface area contributed by atoms with Gasteiger partial charge in [-0.05, 0) is 12.5 Å². The molecule has 0 fully saturated rings. The Morgan fingerprint density at radius 2 is 1.84 bits per heavy atom. The molecule has 0 saturated heterocycles. The largest absolute Gasteiger partial charge is 0.335 e. The molecule has 8 heteroatoms. The highest BCUT2D eigenvalue weighted by Gasteiger charge is 2.23. The molecule has 1 aromatic heterocycles. The van der Waals surface area contributed by atoms with Crippen molar-refractivity contribution in [3.8, 4) is 11.4 Å². The summed E-state index contributed by atoms with van der Waals surface area (Å²) in [6.07, 6.45) is 5.81. The van der Waals surface area contributed by atoms with E-state index in [2.05, 4.69) is 10.3 Å². The van der Waals surface area contributed by atoms with Crippen molar-refractivity contribution < 1.29 is 18.4 Å². The first-order valence-corrected chi connectivity index (χ1v) is 9.77. The van der Waals surface area contributed by atoms with Gasteiger partial charge in [-0.15, -0.1) is 0 Å². The normalized spacial score (nSPS) is 13.3. The van der Waals surface area contributed by atoms with Gasteiger partial charge in [-0.3, -0.25) is 9.59 Å². The average Bonchev–Trinajstić information content (AvgIpc) is 3.17. The van der Waals surface area contributed by atoms with Crippen molar-refractivity contribution in [1.82, 2.24) is 14.5 Å². The highest BCUT2D eigenvalue weighted by atomic mass is 19.1. The van der Waals surface area contributed by atoms with E-state index in [9.17, 15) is 18.4 Å². The van der Waals surface area contributed by atoms with Gasteiger partial charge in [-0.25, -0.2) is 13.8 Å². The first kappa shape index (κ1) is 20.5. The van der Waals surface area contributed by atoms with Gasteiger partial charge in [0.25, 0.3) is 11.8 Å². The van der Waals surface area contributed by atoms with Crippen molar-refractivity contribution in [2.24, 2.45) is 7.05 Å². The van der Waals surface area contributed by atoms with E-state index in [4.69, 9.17) is 0 Å². The molecule has 158 valence electrons. The van der Waals surface area contributed by atoms with Crippen LogP contribution in [0.1, 0.15) is 27.3 Å². The van der Waals surface area contributed by atoms with E-state index in [1.165, 1.54) is 11.1 Å². The van der Waals surface area contributed by atoms with E-state index in [0.29, 0.717) is 31.4 Å². The van der Waals surface area contributed by atoms with E-state index >= 15 is 0 Å². The Morgan fingerprint density at radius 3 is 2.55 bits per heavy atom. The fourth-order valence-corrected chi connectivity index (χ4v) is 3.47. The van der Waals surface area contributed by atoms with Gasteiger partial charge in [0.15, 0.2) is 0 Å². The number of hydrogen-bond acceptors (Lipinski definition) is 3. The summed E-state index contributed by atoms with van der Waals surface area (Å²) in [6.45, 7) is 0.805. The molecule has 4 rings (SSSR count). The number of nitrogens with one attached hydrogen (secondary N) is 1. The number of anilines is 1. The quantitative estimate of drug-likeness (QED) is 0.646. The minimum Gasteiger partial charge on any atom is -0.335 e. The lowest BCUT2D eigenvalue weighted by Crippen LogP contribution is -2.34. The molecule has 0 saturated carbocycles. The molecule has 2 aromatic carbocycles. The molecule has 0 bridgehead atoms. The van der Waals surface area contributed by atoms with Crippen LogP contribution in [0.2, 0.25) is 0 Å². The van der Waals surface area contributed by atoms with Crippen LogP contribution >= 0.6 is 0 Å². The lowest BCUT2D eigenvalue weighted by Gasteiger charge is -2.24. The van der Waals surface area contributed by atoms with Crippen molar-refractivity contribution in [3.05, 3.63) is 83.7 Å². The van der Waals surface area contributed by atoms with Crippen molar-refractivity contribution >= 4 is 17.5 Å². The Balaban J connectivity index is 1.59. The van der Waals surface area contributed by atoms with Crippen LogP contribution in [0.4, 0.5) is 14.5 Å². The molecule has 6 nitrogen and oxygen atoms in total. The zero-order valence-corrected chi connectivity index (χ0v) is 16.8. The maximum atomic E-state index is 14.4. The molecule has 0 atom stereocenters. The third-order valence-electron chi connectivity index (χ3n) is 5.13. The predicted octanol–water partition coefficient (Wildman–Crippen LogP) is 4.02. The average molecular weight is 422 g/mol. The van der Waals surface area contributed by atoms with Gasteiger partial charge in [-0.1, -0.05) is 42.5 Å². The van der Waals surface area contributed by atoms with Crippen LogP contribution in [-0.2, 0) is 7.05 Å². The van der Waals surface area contributed by atoms with E-state index in [0.717, 1.165) is 11.6 Å². The van der Waals surface area contributed by atoms with Gasteiger partial charge in [-0.2, -0.15) is 0 Å². The van der Waals surface area contributed by atoms with Crippen LogP contribution in [0, 0.1) is 11.6 Å². The monoisotopic (exact) mass is 422 g/mol. The molecule has 1 aliphatic heterocycles. The van der Waals surface area contributed by atoms with Gasteiger partial charge < -0.3 is 14.8 Å². The van der Waals surface area contributed by atoms with Crippen molar-refractivity contribution in [2.45, 2.75) is 6.42 Å². The van der Waals surface area contributed by atoms with E-state index < -0.39 is 23.4 Å². The SMILES string of the molecule is Cn1c(C(=O)Nc2cc(C(=O)N3CC=CCC3)c(F)cc2F)cnc1-c1ccccc1. The summed E-state index contributed by atoms with van der Waals surface area (Å²) in [5.41, 5.74) is 0.448. The summed E-state index contributed by atoms with van der Waals surface area (Å²) < 4.78 is 30.3. The standard InChI is InChI=1S/C23H20F2N4O2/c1-28-20(14-26-21(28)15-8-4-2-5-9-15)22(30)27-19-12-16(17(24)13-18(19)25)23(31)29-10-6-3-7-11-29/h2-6,8-9,12-14H,7,10-11H2,1H3,(H,27,30). The highest BCUT2D eigenvalue weighted by Crippen LogP contribution is 2.23. The summed E-state index contributed by atoms with van der Waals surface area (Å²) >= 11 is 0. The molecule has 2 heterocycles. The van der Waals surface area contributed by atoms with Crippen molar-refractivity contribution in [1.29, 1.82) is 0 Å². The molecule has 1 N–H and O–H groups in total. The number of benzene rings is 2. The van der Waals surface area contributed by atoms with Crippen LogP contribution in [-0.4, -0.2) is 39.4 Å². The molecule has 1 aliphatic rings. The second-order valence-electron chi connectivity index (χ2n) is 7.17. The third kappa shape index (κ3) is 4.09. The topological polar surface area (TPSA) is 67.2 Å². The summed E-state index contributed by atoms with van der Waals surface area (Å²) in [6, 6.07) is 11.0. The number of imidazole rings is 1. The smallest absolute Gasteiger partial charge is 0.274 e. The van der Waals surface area contributed by atoms with Crippen molar-refractivity contribution in [3.63, 3.8) is 0 Å². The Kier molecular flexibility index (Phi) is 5.62. The molecule has 0 aliphatic carbocycles. The van der Waals surface area contributed by atoms with Crippen LogP contribution in [0.15, 0.2) is 60.8 Å². The molecule has 3 aromatic rings. The zero-order valence-electron chi connectivity index (χ0n) is 16.8. The summed E-state index contributed by atoms with van der Waals surface area (Å²) in [5.74, 6) is -2.54. The Labute approximate surface area is 177 Å². The van der Waals surface area contributed by atoms with Gasteiger partial charge >= 0.3 is 0 Å². The van der Waals surface area contributed by atoms with Gasteiger partial charge in [0, 0.05) is 31.8 Å². The number of carbonyl (C=O) groups excluding carboxylic acids is 2. The van der Waals surface area contributed by atoms with Crippen LogP contribution in [0.3, 0.4) is 0 Å². The minimum atomic E-state index is -0.970. The third-order valence-corrected chi connectivity index (χ3v) is 5.13. The minimum absolute atomic E-state index is 0.191. The van der Waals surface area contributed by atoms with Gasteiger partial charge in [0.1, 0.15) is 23.2 Å².